The molecule has 160 valence electrons. The molecule has 0 unspecified atom stereocenters. The molecule has 1 aliphatic heterocycles. The van der Waals surface area contributed by atoms with E-state index < -0.39 is 0 Å². The van der Waals surface area contributed by atoms with Crippen molar-refractivity contribution in [3.63, 3.8) is 0 Å². The first-order valence-electron chi connectivity index (χ1n) is 9.82. The Balaban J connectivity index is 0.00000320. The number of rotatable bonds is 8. The zero-order valence-electron chi connectivity index (χ0n) is 17.0. The monoisotopic (exact) mass is 446 g/mol. The summed E-state index contributed by atoms with van der Waals surface area (Å²) < 4.78 is 5.18. The number of Topliss-reactive ketones (excluding diaryl/α,β-unsaturated/α-hetero) is 1. The van der Waals surface area contributed by atoms with E-state index in [4.69, 9.17) is 4.74 Å². The van der Waals surface area contributed by atoms with Crippen molar-refractivity contribution in [2.75, 3.05) is 43.6 Å². The number of hydrogen-bond acceptors (Lipinski definition) is 4. The largest absolute Gasteiger partial charge is 1.00 e. The van der Waals surface area contributed by atoms with Crippen molar-refractivity contribution in [3.8, 4) is 5.75 Å². The molecule has 30 heavy (non-hydrogen) atoms. The molecule has 1 heterocycles. The number of ketones is 1. The molecule has 3 rings (SSSR count). The molecule has 2 aromatic rings. The van der Waals surface area contributed by atoms with Gasteiger partial charge in [0.15, 0.2) is 5.78 Å². The topological polar surface area (TPSA) is 59.8 Å². The summed E-state index contributed by atoms with van der Waals surface area (Å²) in [4.78, 5) is 26.3. The number of halogens is 1. The van der Waals surface area contributed by atoms with Crippen molar-refractivity contribution in [3.05, 3.63) is 65.7 Å². The lowest BCUT2D eigenvalue weighted by Gasteiger charge is -2.22. The fourth-order valence-electron chi connectivity index (χ4n) is 3.22. The first-order chi connectivity index (χ1) is 14.1. The van der Waals surface area contributed by atoms with Crippen LogP contribution in [0.1, 0.15) is 22.3 Å². The van der Waals surface area contributed by atoms with Gasteiger partial charge in [0.05, 0.1) is 33.2 Å². The molecule has 1 aliphatic rings. The molecule has 0 aromatic heterocycles. The van der Waals surface area contributed by atoms with E-state index in [0.717, 1.165) is 30.9 Å². The molecule has 5 nitrogen and oxygen atoms in total. The number of nitrogens with one attached hydrogen (secondary N) is 2. The van der Waals surface area contributed by atoms with Gasteiger partial charge < -0.3 is 27.4 Å². The molecule has 2 N–H and O–H groups in total. The zero-order chi connectivity index (χ0) is 20.5. The molecule has 0 spiro atoms. The van der Waals surface area contributed by atoms with E-state index in [-0.39, 0.29) is 24.1 Å². The average molecular weight is 447 g/mol. The first-order valence-corrected chi connectivity index (χ1v) is 11.0. The van der Waals surface area contributed by atoms with Crippen LogP contribution in [-0.2, 0) is 4.79 Å². The van der Waals surface area contributed by atoms with Gasteiger partial charge in [0.25, 0.3) is 0 Å². The van der Waals surface area contributed by atoms with Crippen LogP contribution in [0, 0.1) is 0 Å². The minimum Gasteiger partial charge on any atom is -1.00 e. The predicted octanol–water partition coefficient (Wildman–Crippen LogP) is -0.444. The molecule has 1 amide bonds. The van der Waals surface area contributed by atoms with E-state index in [0.29, 0.717) is 17.7 Å². The maximum Gasteiger partial charge on any atom is 0.248 e. The Kier molecular flexibility index (Phi) is 9.94. The minimum absolute atomic E-state index is 0. The Bertz CT molecular complexity index is 882. The van der Waals surface area contributed by atoms with Crippen LogP contribution in [0.2, 0.25) is 0 Å². The van der Waals surface area contributed by atoms with Crippen LogP contribution in [0.4, 0.5) is 5.69 Å². The van der Waals surface area contributed by atoms with Crippen LogP contribution >= 0.6 is 11.8 Å². The van der Waals surface area contributed by atoms with Crippen molar-refractivity contribution in [2.45, 2.75) is 6.42 Å². The average Bonchev–Trinajstić information content (AvgIpc) is 2.77. The van der Waals surface area contributed by atoms with Gasteiger partial charge >= 0.3 is 0 Å². The number of benzene rings is 2. The predicted molar refractivity (Wildman–Crippen MR) is 119 cm³/mol. The van der Waals surface area contributed by atoms with Crippen LogP contribution in [0.25, 0.3) is 6.08 Å². The number of carbonyl (C=O) groups excluding carboxylic acids is 2. The zero-order valence-corrected chi connectivity index (χ0v) is 18.6. The van der Waals surface area contributed by atoms with Crippen LogP contribution in [0.3, 0.4) is 0 Å². The lowest BCUT2D eigenvalue weighted by molar-refractivity contribution is -0.895. The van der Waals surface area contributed by atoms with Crippen molar-refractivity contribution in [1.82, 2.24) is 0 Å². The smallest absolute Gasteiger partial charge is 0.248 e. The van der Waals surface area contributed by atoms with Crippen LogP contribution in [0.15, 0.2) is 54.6 Å². The summed E-state index contributed by atoms with van der Waals surface area (Å²) in [6, 6.07) is 14.6. The lowest BCUT2D eigenvalue weighted by atomic mass is 10.1. The molecule has 0 saturated carbocycles. The van der Waals surface area contributed by atoms with E-state index >= 15 is 0 Å². The summed E-state index contributed by atoms with van der Waals surface area (Å²) in [7, 11) is 1.61. The van der Waals surface area contributed by atoms with Crippen molar-refractivity contribution >= 4 is 35.2 Å². The number of carbonyl (C=O) groups is 2. The summed E-state index contributed by atoms with van der Waals surface area (Å²) in [6.45, 7) is 3.14. The molecule has 2 aromatic carbocycles. The fraction of sp³-hybridized carbons (Fsp3) is 0.304. The number of ether oxygens (including phenoxy) is 1. The summed E-state index contributed by atoms with van der Waals surface area (Å²) in [5.41, 5.74) is 2.14. The van der Waals surface area contributed by atoms with Crippen molar-refractivity contribution in [1.29, 1.82) is 0 Å². The molecule has 0 radical (unpaired) electrons. The molecular formula is C23H27ClN2O3S. The Hall–Kier alpha value is -2.28. The fourth-order valence-corrected chi connectivity index (χ4v) is 4.29. The quantitative estimate of drug-likeness (QED) is 0.426. The van der Waals surface area contributed by atoms with Gasteiger partial charge in [-0.05, 0) is 35.9 Å². The second-order valence-electron chi connectivity index (χ2n) is 6.97. The van der Waals surface area contributed by atoms with Crippen molar-refractivity contribution < 1.29 is 31.6 Å². The van der Waals surface area contributed by atoms with Gasteiger partial charge in [-0.2, -0.15) is 11.8 Å². The van der Waals surface area contributed by atoms with Crippen LogP contribution < -0.4 is 27.4 Å². The Labute approximate surface area is 188 Å². The highest BCUT2D eigenvalue weighted by molar-refractivity contribution is 7.99. The number of amides is 1. The van der Waals surface area contributed by atoms with Gasteiger partial charge in [0.1, 0.15) is 5.75 Å². The summed E-state index contributed by atoms with van der Waals surface area (Å²) in [5.74, 6) is 2.97. The molecule has 1 fully saturated rings. The third-order valence-corrected chi connectivity index (χ3v) is 5.86. The van der Waals surface area contributed by atoms with Gasteiger partial charge in [-0.3, -0.25) is 9.59 Å². The summed E-state index contributed by atoms with van der Waals surface area (Å²) in [5, 5.41) is 2.82. The van der Waals surface area contributed by atoms with Crippen LogP contribution in [0.5, 0.6) is 5.75 Å². The number of anilines is 1. The maximum atomic E-state index is 12.5. The number of hydrogen-bond donors (Lipinski definition) is 2. The Morgan fingerprint density at radius 1 is 1.13 bits per heavy atom. The summed E-state index contributed by atoms with van der Waals surface area (Å²) in [6.07, 6.45) is 3.74. The van der Waals surface area contributed by atoms with E-state index in [1.165, 1.54) is 22.5 Å². The van der Waals surface area contributed by atoms with Gasteiger partial charge in [-0.1, -0.05) is 24.3 Å². The second kappa shape index (κ2) is 12.4. The van der Waals surface area contributed by atoms with Crippen molar-refractivity contribution in [2.24, 2.45) is 0 Å². The highest BCUT2D eigenvalue weighted by Gasteiger charge is 2.16. The number of thioether (sulfide) groups is 1. The summed E-state index contributed by atoms with van der Waals surface area (Å²) >= 11 is 1.98. The molecule has 7 heteroatoms. The van der Waals surface area contributed by atoms with E-state index in [9.17, 15) is 9.59 Å². The van der Waals surface area contributed by atoms with Gasteiger partial charge in [-0.25, -0.2) is 0 Å². The van der Waals surface area contributed by atoms with Gasteiger partial charge in [-0.15, -0.1) is 0 Å². The van der Waals surface area contributed by atoms with E-state index in [1.54, 1.807) is 31.4 Å². The lowest BCUT2D eigenvalue weighted by Crippen LogP contribution is -3.13. The molecule has 0 aliphatic carbocycles. The Morgan fingerprint density at radius 3 is 2.67 bits per heavy atom. The second-order valence-corrected chi connectivity index (χ2v) is 8.19. The normalized spacial score (nSPS) is 14.2. The minimum atomic E-state index is -0.243. The maximum absolute atomic E-state index is 12.5. The number of methoxy groups -OCH3 is 1. The van der Waals surface area contributed by atoms with Crippen LogP contribution in [-0.4, -0.2) is 49.9 Å². The van der Waals surface area contributed by atoms with Gasteiger partial charge in [0, 0.05) is 28.8 Å². The molecule has 0 atom stereocenters. The number of quaternary nitrogens is 1. The Morgan fingerprint density at radius 2 is 1.90 bits per heavy atom. The van der Waals surface area contributed by atoms with E-state index in [2.05, 4.69) is 5.32 Å². The van der Waals surface area contributed by atoms with Gasteiger partial charge in [0.2, 0.25) is 5.91 Å². The third kappa shape index (κ3) is 7.52. The SMILES string of the molecule is COc1cccc(/C=C/C(=O)Nc2cccc(C(=O)CC[NH+]3CCSCC3)c2)c1.[Cl-]. The standard InChI is InChI=1S/C23H26N2O3S.ClH/c1-28-21-7-2-4-18(16-21)8-9-23(27)24-20-6-3-5-19(17-20)22(26)10-11-25-12-14-29-15-13-25;/h2-9,16-17H,10-15H2,1H3,(H,24,27);1H/b9-8+;. The third-order valence-electron chi connectivity index (χ3n) is 4.88. The molecule has 1 saturated heterocycles. The highest BCUT2D eigenvalue weighted by Crippen LogP contribution is 2.15. The first kappa shape index (κ1) is 24.0. The van der Waals surface area contributed by atoms with E-state index in [1.807, 2.05) is 42.1 Å². The molecule has 0 bridgehead atoms. The highest BCUT2D eigenvalue weighted by atomic mass is 35.5. The molecular weight excluding hydrogens is 420 g/mol.